The lowest BCUT2D eigenvalue weighted by Crippen LogP contribution is -2.37. The van der Waals surface area contributed by atoms with Crippen LogP contribution in [0.2, 0.25) is 0 Å². The summed E-state index contributed by atoms with van der Waals surface area (Å²) < 4.78 is 0. The molecule has 2 aliphatic rings. The van der Waals surface area contributed by atoms with Crippen molar-refractivity contribution in [3.63, 3.8) is 0 Å². The first kappa shape index (κ1) is 11.9. The molecule has 0 aromatic heterocycles. The fourth-order valence-corrected chi connectivity index (χ4v) is 2.84. The van der Waals surface area contributed by atoms with Crippen molar-refractivity contribution in [3.05, 3.63) is 0 Å². The number of carbonyl (C=O) groups excluding carboxylic acids is 1. The van der Waals surface area contributed by atoms with E-state index in [-0.39, 0.29) is 30.5 Å². The predicted octanol–water partition coefficient (Wildman–Crippen LogP) is 0.378. The maximum atomic E-state index is 11.7. The first-order valence-corrected chi connectivity index (χ1v) is 6.27. The van der Waals surface area contributed by atoms with Crippen molar-refractivity contribution in [2.45, 2.75) is 38.2 Å². The van der Waals surface area contributed by atoms with Gasteiger partial charge < -0.3 is 15.1 Å². The summed E-state index contributed by atoms with van der Waals surface area (Å²) in [6.45, 7) is 1.44. The van der Waals surface area contributed by atoms with Crippen molar-refractivity contribution in [2.75, 3.05) is 19.7 Å². The monoisotopic (exact) mass is 227 g/mol. The second-order valence-corrected chi connectivity index (χ2v) is 5.16. The summed E-state index contributed by atoms with van der Waals surface area (Å²) in [6, 6.07) is 0. The number of likely N-dealkylation sites (tertiary alicyclic amines) is 1. The van der Waals surface area contributed by atoms with Crippen LogP contribution in [0.5, 0.6) is 0 Å². The van der Waals surface area contributed by atoms with Crippen LogP contribution in [-0.2, 0) is 4.79 Å². The van der Waals surface area contributed by atoms with Crippen molar-refractivity contribution < 1.29 is 15.0 Å². The van der Waals surface area contributed by atoms with E-state index >= 15 is 0 Å². The Hall–Kier alpha value is -0.610. The summed E-state index contributed by atoms with van der Waals surface area (Å²) in [5, 5.41) is 18.9. The number of aliphatic hydroxyl groups is 2. The third-order valence-electron chi connectivity index (χ3n) is 3.88. The molecule has 3 atom stereocenters. The van der Waals surface area contributed by atoms with Gasteiger partial charge in [0.1, 0.15) is 0 Å². The highest BCUT2D eigenvalue weighted by Crippen LogP contribution is 2.27. The lowest BCUT2D eigenvalue weighted by molar-refractivity contribution is -0.129. The number of aliphatic hydroxyl groups excluding tert-OH is 2. The fourth-order valence-electron chi connectivity index (χ4n) is 2.84. The lowest BCUT2D eigenvalue weighted by atomic mass is 9.86. The van der Waals surface area contributed by atoms with E-state index in [1.54, 1.807) is 0 Å². The Bertz CT molecular complexity index is 257. The van der Waals surface area contributed by atoms with Gasteiger partial charge in [-0.2, -0.15) is 0 Å². The fraction of sp³-hybridized carbons (Fsp3) is 0.917. The maximum absolute atomic E-state index is 11.7. The molecular weight excluding hydrogens is 206 g/mol. The summed E-state index contributed by atoms with van der Waals surface area (Å²) in [6.07, 6.45) is 4.39. The Balaban J connectivity index is 1.86. The van der Waals surface area contributed by atoms with Gasteiger partial charge in [0.2, 0.25) is 5.91 Å². The van der Waals surface area contributed by atoms with Gasteiger partial charge >= 0.3 is 0 Å². The van der Waals surface area contributed by atoms with Crippen LogP contribution in [0.1, 0.15) is 32.1 Å². The van der Waals surface area contributed by atoms with Gasteiger partial charge in [0.05, 0.1) is 6.10 Å². The average Bonchev–Trinajstić information content (AvgIpc) is 2.63. The molecule has 2 fully saturated rings. The maximum Gasteiger partial charge on any atom is 0.223 e. The Labute approximate surface area is 96.3 Å². The Kier molecular flexibility index (Phi) is 3.82. The van der Waals surface area contributed by atoms with Gasteiger partial charge in [-0.15, -0.1) is 0 Å². The van der Waals surface area contributed by atoms with Gasteiger partial charge in [0.15, 0.2) is 0 Å². The van der Waals surface area contributed by atoms with Crippen LogP contribution >= 0.6 is 0 Å². The highest BCUT2D eigenvalue weighted by molar-refractivity contribution is 5.78. The first-order chi connectivity index (χ1) is 7.70. The largest absolute Gasteiger partial charge is 0.396 e. The molecule has 1 aliphatic heterocycles. The van der Waals surface area contributed by atoms with E-state index in [9.17, 15) is 9.90 Å². The van der Waals surface area contributed by atoms with Gasteiger partial charge in [0.25, 0.3) is 0 Å². The van der Waals surface area contributed by atoms with Gasteiger partial charge in [-0.1, -0.05) is 12.8 Å². The Morgan fingerprint density at radius 1 is 1.31 bits per heavy atom. The highest BCUT2D eigenvalue weighted by Gasteiger charge is 2.33. The topological polar surface area (TPSA) is 60.8 Å². The number of carbonyl (C=O) groups is 1. The molecule has 1 heterocycles. The first-order valence-electron chi connectivity index (χ1n) is 6.27. The molecule has 92 valence electrons. The molecular formula is C12H21NO3. The minimum atomic E-state index is -0.241. The summed E-state index contributed by atoms with van der Waals surface area (Å²) >= 11 is 0. The van der Waals surface area contributed by atoms with Crippen LogP contribution in [0, 0.1) is 11.8 Å². The molecule has 0 radical (unpaired) electrons. The van der Waals surface area contributed by atoms with Crippen molar-refractivity contribution in [3.8, 4) is 0 Å². The van der Waals surface area contributed by atoms with Crippen LogP contribution in [0.15, 0.2) is 0 Å². The van der Waals surface area contributed by atoms with E-state index in [0.29, 0.717) is 19.5 Å². The van der Waals surface area contributed by atoms with Crippen LogP contribution in [-0.4, -0.2) is 46.8 Å². The van der Waals surface area contributed by atoms with Crippen LogP contribution in [0.25, 0.3) is 0 Å². The molecule has 1 aliphatic carbocycles. The normalized spacial score (nSPS) is 35.8. The molecule has 0 aromatic carbocycles. The van der Waals surface area contributed by atoms with E-state index in [0.717, 1.165) is 25.7 Å². The molecule has 0 aromatic rings. The number of rotatable bonds is 3. The lowest BCUT2D eigenvalue weighted by Gasteiger charge is -2.31. The molecule has 4 nitrogen and oxygen atoms in total. The second-order valence-electron chi connectivity index (χ2n) is 5.16. The number of hydrogen-bond acceptors (Lipinski definition) is 3. The zero-order valence-electron chi connectivity index (χ0n) is 9.64. The molecule has 16 heavy (non-hydrogen) atoms. The SMILES string of the molecule is O=C1CC(CO)CN1CC1CCCCC1O. The minimum Gasteiger partial charge on any atom is -0.396 e. The predicted molar refractivity (Wildman–Crippen MR) is 59.7 cm³/mol. The smallest absolute Gasteiger partial charge is 0.223 e. The molecule has 3 unspecified atom stereocenters. The molecule has 1 amide bonds. The van der Waals surface area contributed by atoms with Gasteiger partial charge in [-0.3, -0.25) is 4.79 Å². The summed E-state index contributed by atoms with van der Waals surface area (Å²) in [7, 11) is 0. The Morgan fingerprint density at radius 3 is 2.69 bits per heavy atom. The third-order valence-corrected chi connectivity index (χ3v) is 3.88. The van der Waals surface area contributed by atoms with Crippen LogP contribution < -0.4 is 0 Å². The van der Waals surface area contributed by atoms with Crippen LogP contribution in [0.3, 0.4) is 0 Å². The van der Waals surface area contributed by atoms with Crippen molar-refractivity contribution in [2.24, 2.45) is 11.8 Å². The molecule has 1 saturated heterocycles. The quantitative estimate of drug-likeness (QED) is 0.732. The molecule has 1 saturated carbocycles. The molecule has 2 N–H and O–H groups in total. The second kappa shape index (κ2) is 5.15. The van der Waals surface area contributed by atoms with E-state index in [1.165, 1.54) is 0 Å². The zero-order chi connectivity index (χ0) is 11.5. The Morgan fingerprint density at radius 2 is 2.06 bits per heavy atom. The van der Waals surface area contributed by atoms with E-state index < -0.39 is 0 Å². The highest BCUT2D eigenvalue weighted by atomic mass is 16.3. The minimum absolute atomic E-state index is 0.0927. The molecule has 4 heteroatoms. The molecule has 2 rings (SSSR count). The van der Waals surface area contributed by atoms with Crippen LogP contribution in [0.4, 0.5) is 0 Å². The van der Waals surface area contributed by atoms with Gasteiger partial charge in [0, 0.05) is 38.0 Å². The summed E-state index contributed by atoms with van der Waals surface area (Å²) in [4.78, 5) is 13.5. The number of nitrogens with zero attached hydrogens (tertiary/aromatic N) is 1. The molecule has 0 bridgehead atoms. The van der Waals surface area contributed by atoms with Crippen molar-refractivity contribution in [1.82, 2.24) is 4.90 Å². The summed E-state index contributed by atoms with van der Waals surface area (Å²) in [5.74, 6) is 0.486. The van der Waals surface area contributed by atoms with E-state index in [2.05, 4.69) is 0 Å². The average molecular weight is 227 g/mol. The van der Waals surface area contributed by atoms with Crippen molar-refractivity contribution >= 4 is 5.91 Å². The molecule has 0 spiro atoms. The number of amides is 1. The van der Waals surface area contributed by atoms with Gasteiger partial charge in [-0.25, -0.2) is 0 Å². The zero-order valence-corrected chi connectivity index (χ0v) is 9.64. The standard InChI is InChI=1S/C12H21NO3/c14-8-9-5-12(16)13(6-9)7-10-3-1-2-4-11(10)15/h9-11,14-15H,1-8H2. The third kappa shape index (κ3) is 2.55. The number of hydrogen-bond donors (Lipinski definition) is 2. The van der Waals surface area contributed by atoms with E-state index in [4.69, 9.17) is 5.11 Å². The van der Waals surface area contributed by atoms with Crippen molar-refractivity contribution in [1.29, 1.82) is 0 Å². The van der Waals surface area contributed by atoms with E-state index in [1.807, 2.05) is 4.90 Å². The summed E-state index contributed by atoms with van der Waals surface area (Å²) in [5.41, 5.74) is 0. The van der Waals surface area contributed by atoms with Gasteiger partial charge in [-0.05, 0) is 12.8 Å².